The number of fused-ring (bicyclic) bond motifs is 1. The minimum absolute atomic E-state index is 0.0317. The maximum absolute atomic E-state index is 13.0. The number of rotatable bonds is 8. The number of benzene rings is 1. The van der Waals surface area contributed by atoms with E-state index in [1.54, 1.807) is 18.7 Å². The Labute approximate surface area is 174 Å². The highest BCUT2D eigenvalue weighted by atomic mass is 32.2. The van der Waals surface area contributed by atoms with Gasteiger partial charge in [-0.3, -0.25) is 14.9 Å². The number of carboxylic acid groups (broad SMARTS) is 2. The molecule has 1 amide bonds. The van der Waals surface area contributed by atoms with Crippen LogP contribution >= 0.6 is 11.8 Å². The maximum atomic E-state index is 13.0. The van der Waals surface area contributed by atoms with E-state index in [2.05, 4.69) is 5.32 Å². The molecule has 0 saturated carbocycles. The highest BCUT2D eigenvalue weighted by Crippen LogP contribution is 2.40. The van der Waals surface area contributed by atoms with E-state index in [-0.39, 0.29) is 11.8 Å². The smallest absolute Gasteiger partial charge is 0.326 e. The van der Waals surface area contributed by atoms with Crippen LogP contribution < -0.4 is 5.32 Å². The molecule has 0 aliphatic carbocycles. The molecule has 8 heteroatoms. The van der Waals surface area contributed by atoms with Gasteiger partial charge in [0.15, 0.2) is 0 Å². The molecule has 0 bridgehead atoms. The largest absolute Gasteiger partial charge is 0.480 e. The molecule has 0 aromatic heterocycles. The van der Waals surface area contributed by atoms with E-state index in [0.717, 1.165) is 23.5 Å². The third-order valence-electron chi connectivity index (χ3n) is 5.95. The first kappa shape index (κ1) is 21.6. The van der Waals surface area contributed by atoms with Gasteiger partial charge in [-0.15, -0.1) is 0 Å². The van der Waals surface area contributed by atoms with E-state index >= 15 is 0 Å². The van der Waals surface area contributed by atoms with Crippen LogP contribution in [0.15, 0.2) is 30.3 Å². The fourth-order valence-corrected chi connectivity index (χ4v) is 5.94. The second kappa shape index (κ2) is 9.63. The van der Waals surface area contributed by atoms with Crippen molar-refractivity contribution in [3.05, 3.63) is 35.9 Å². The first-order valence-electron chi connectivity index (χ1n) is 10.0. The molecule has 2 aliphatic rings. The highest BCUT2D eigenvalue weighted by Gasteiger charge is 2.47. The van der Waals surface area contributed by atoms with Crippen LogP contribution in [0.3, 0.4) is 0 Å². The van der Waals surface area contributed by atoms with Crippen molar-refractivity contribution < 1.29 is 24.6 Å². The molecule has 3 N–H and O–H groups in total. The van der Waals surface area contributed by atoms with Gasteiger partial charge >= 0.3 is 11.9 Å². The molecule has 2 heterocycles. The number of aliphatic carboxylic acids is 2. The van der Waals surface area contributed by atoms with Crippen molar-refractivity contribution in [3.63, 3.8) is 0 Å². The van der Waals surface area contributed by atoms with E-state index in [4.69, 9.17) is 0 Å². The quantitative estimate of drug-likeness (QED) is 0.588. The zero-order valence-electron chi connectivity index (χ0n) is 16.5. The summed E-state index contributed by atoms with van der Waals surface area (Å²) >= 11 is 1.75. The molecule has 5 atom stereocenters. The molecule has 3 rings (SSSR count). The number of hydrogen-bond donors (Lipinski definition) is 3. The molecule has 2 saturated heterocycles. The molecule has 0 spiro atoms. The molecular formula is C21H28N2O5S. The monoisotopic (exact) mass is 420 g/mol. The first-order chi connectivity index (χ1) is 13.9. The van der Waals surface area contributed by atoms with Gasteiger partial charge in [0.05, 0.1) is 6.04 Å². The van der Waals surface area contributed by atoms with Crippen molar-refractivity contribution in [2.24, 2.45) is 11.8 Å². The van der Waals surface area contributed by atoms with Crippen LogP contribution in [0.5, 0.6) is 0 Å². The van der Waals surface area contributed by atoms with E-state index in [1.165, 1.54) is 4.90 Å². The average Bonchev–Trinajstić information content (AvgIpc) is 3.18. The molecule has 4 unspecified atom stereocenters. The molecule has 2 fully saturated rings. The lowest BCUT2D eigenvalue weighted by atomic mass is 9.81. The number of nitrogens with zero attached hydrogens (tertiary/aromatic N) is 1. The van der Waals surface area contributed by atoms with Gasteiger partial charge < -0.3 is 15.1 Å². The standard InChI is InChI=1S/C21H28N2O5S/c1-13(22-17(20(25)26)8-7-14-5-3-2-4-6-14)19(24)23-10-9-15-11-29-12-16(15)18(23)21(27)28/h2-6,13,15-18,22H,7-12H2,1H3,(H,25,26)(H,27,28)/t13-,15?,16?,17?,18?/m0/s1. The second-order valence-corrected chi connectivity index (χ2v) is 8.94. The normalized spacial score (nSPS) is 25.8. The Morgan fingerprint density at radius 1 is 1.21 bits per heavy atom. The maximum Gasteiger partial charge on any atom is 0.326 e. The van der Waals surface area contributed by atoms with Crippen LogP contribution in [0.1, 0.15) is 25.3 Å². The summed E-state index contributed by atoms with van der Waals surface area (Å²) in [5.74, 6) is -0.309. The van der Waals surface area contributed by atoms with Crippen molar-refractivity contribution in [1.82, 2.24) is 10.2 Å². The van der Waals surface area contributed by atoms with Gasteiger partial charge in [-0.05, 0) is 49.2 Å². The van der Waals surface area contributed by atoms with E-state index < -0.39 is 30.1 Å². The van der Waals surface area contributed by atoms with Crippen LogP contribution in [-0.2, 0) is 20.8 Å². The topological polar surface area (TPSA) is 107 Å². The Bertz CT molecular complexity index is 744. The lowest BCUT2D eigenvalue weighted by Gasteiger charge is -2.41. The van der Waals surface area contributed by atoms with Crippen molar-refractivity contribution >= 4 is 29.6 Å². The summed E-state index contributed by atoms with van der Waals surface area (Å²) in [4.78, 5) is 38.1. The fourth-order valence-electron chi connectivity index (χ4n) is 4.36. The molecule has 2 aliphatic heterocycles. The van der Waals surface area contributed by atoms with Crippen LogP contribution in [0, 0.1) is 11.8 Å². The fraction of sp³-hybridized carbons (Fsp3) is 0.571. The number of hydrogen-bond acceptors (Lipinski definition) is 5. The third kappa shape index (κ3) is 5.11. The summed E-state index contributed by atoms with van der Waals surface area (Å²) in [5, 5.41) is 22.2. The van der Waals surface area contributed by atoms with Crippen LogP contribution in [0.2, 0.25) is 0 Å². The van der Waals surface area contributed by atoms with Gasteiger partial charge in [-0.2, -0.15) is 11.8 Å². The van der Waals surface area contributed by atoms with Gasteiger partial charge in [0, 0.05) is 12.5 Å². The number of aryl methyl sites for hydroxylation is 1. The third-order valence-corrected chi connectivity index (χ3v) is 7.23. The predicted octanol–water partition coefficient (Wildman–Crippen LogP) is 1.72. The first-order valence-corrected chi connectivity index (χ1v) is 11.2. The molecular weight excluding hydrogens is 392 g/mol. The SMILES string of the molecule is C[C@H](NC(CCc1ccccc1)C(=O)O)C(=O)N1CCC2CSCC2C1C(=O)O. The summed E-state index contributed by atoms with van der Waals surface area (Å²) in [6.07, 6.45) is 1.73. The van der Waals surface area contributed by atoms with Crippen molar-refractivity contribution in [3.8, 4) is 0 Å². The van der Waals surface area contributed by atoms with Crippen LogP contribution in [0.25, 0.3) is 0 Å². The lowest BCUT2D eigenvalue weighted by molar-refractivity contribution is -0.157. The van der Waals surface area contributed by atoms with Crippen molar-refractivity contribution in [2.45, 2.75) is 44.3 Å². The molecule has 158 valence electrons. The van der Waals surface area contributed by atoms with E-state index in [1.807, 2.05) is 30.3 Å². The highest BCUT2D eigenvalue weighted by molar-refractivity contribution is 7.99. The summed E-state index contributed by atoms with van der Waals surface area (Å²) in [7, 11) is 0. The van der Waals surface area contributed by atoms with Crippen molar-refractivity contribution in [1.29, 1.82) is 0 Å². The Kier molecular flexibility index (Phi) is 7.18. The Hall–Kier alpha value is -2.06. The summed E-state index contributed by atoms with van der Waals surface area (Å²) in [6, 6.07) is 7.12. The number of likely N-dealkylation sites (tertiary alicyclic amines) is 1. The Morgan fingerprint density at radius 3 is 2.59 bits per heavy atom. The zero-order valence-corrected chi connectivity index (χ0v) is 17.3. The number of amides is 1. The van der Waals surface area contributed by atoms with Gasteiger partial charge in [0.1, 0.15) is 12.1 Å². The number of nitrogens with one attached hydrogen (secondary N) is 1. The van der Waals surface area contributed by atoms with Gasteiger partial charge in [-0.25, -0.2) is 4.79 Å². The number of carbonyl (C=O) groups is 3. The molecule has 0 radical (unpaired) electrons. The molecule has 1 aromatic carbocycles. The minimum Gasteiger partial charge on any atom is -0.480 e. The average molecular weight is 421 g/mol. The Balaban J connectivity index is 1.64. The summed E-state index contributed by atoms with van der Waals surface area (Å²) in [6.45, 7) is 2.03. The number of carboxylic acids is 2. The van der Waals surface area contributed by atoms with Gasteiger partial charge in [-0.1, -0.05) is 30.3 Å². The van der Waals surface area contributed by atoms with Gasteiger partial charge in [0.25, 0.3) is 0 Å². The minimum atomic E-state index is -1.01. The summed E-state index contributed by atoms with van der Waals surface area (Å²) in [5.41, 5.74) is 1.03. The lowest BCUT2D eigenvalue weighted by Crippen LogP contribution is -2.60. The molecule has 7 nitrogen and oxygen atoms in total. The molecule has 29 heavy (non-hydrogen) atoms. The van der Waals surface area contributed by atoms with Gasteiger partial charge in [0.2, 0.25) is 5.91 Å². The second-order valence-electron chi connectivity index (χ2n) is 7.87. The van der Waals surface area contributed by atoms with E-state index in [9.17, 15) is 24.6 Å². The van der Waals surface area contributed by atoms with Crippen molar-refractivity contribution in [2.75, 3.05) is 18.1 Å². The predicted molar refractivity (Wildman–Crippen MR) is 111 cm³/mol. The Morgan fingerprint density at radius 2 is 1.93 bits per heavy atom. The zero-order chi connectivity index (χ0) is 21.0. The van der Waals surface area contributed by atoms with Crippen LogP contribution in [0.4, 0.5) is 0 Å². The number of thioether (sulfide) groups is 1. The van der Waals surface area contributed by atoms with E-state index in [0.29, 0.717) is 25.3 Å². The summed E-state index contributed by atoms with van der Waals surface area (Å²) < 4.78 is 0. The van der Waals surface area contributed by atoms with Crippen LogP contribution in [-0.4, -0.2) is 69.1 Å². The number of piperidine rings is 1. The number of carbonyl (C=O) groups excluding carboxylic acids is 1. The molecule has 1 aromatic rings.